The van der Waals surface area contributed by atoms with E-state index in [1.54, 1.807) is 11.9 Å². The van der Waals surface area contributed by atoms with Crippen molar-refractivity contribution >= 4 is 17.6 Å². The molecule has 7 heteroatoms. The zero-order chi connectivity index (χ0) is 15.3. The second-order valence-corrected chi connectivity index (χ2v) is 5.48. The van der Waals surface area contributed by atoms with Gasteiger partial charge < -0.3 is 21.2 Å². The van der Waals surface area contributed by atoms with Crippen molar-refractivity contribution in [1.29, 1.82) is 0 Å². The van der Waals surface area contributed by atoms with Crippen LogP contribution >= 0.6 is 0 Å². The van der Waals surface area contributed by atoms with Crippen LogP contribution in [0.3, 0.4) is 0 Å². The van der Waals surface area contributed by atoms with Crippen LogP contribution in [0.5, 0.6) is 0 Å². The maximum Gasteiger partial charge on any atom is 0.233 e. The van der Waals surface area contributed by atoms with Crippen LogP contribution in [0.2, 0.25) is 0 Å². The van der Waals surface area contributed by atoms with Gasteiger partial charge in [-0.05, 0) is 18.8 Å². The minimum Gasteiger partial charge on any atom is -0.409 e. The predicted octanol–water partition coefficient (Wildman–Crippen LogP) is -0.0104. The Morgan fingerprint density at radius 3 is 2.60 bits per heavy atom. The number of hydrogen-bond acceptors (Lipinski definition) is 4. The molecule has 114 valence electrons. The molecule has 0 aromatic carbocycles. The van der Waals surface area contributed by atoms with Gasteiger partial charge in [-0.2, -0.15) is 0 Å². The molecule has 0 aromatic heterocycles. The highest BCUT2D eigenvalue weighted by Crippen LogP contribution is 2.21. The molecule has 1 aliphatic heterocycles. The number of piperidine rings is 1. The predicted molar refractivity (Wildman–Crippen MR) is 75.1 cm³/mol. The number of hydrogen-bond donors (Lipinski definition) is 3. The van der Waals surface area contributed by atoms with E-state index in [-0.39, 0.29) is 29.5 Å². The van der Waals surface area contributed by atoms with Crippen molar-refractivity contribution in [2.45, 2.75) is 26.7 Å². The normalized spacial score (nSPS) is 21.7. The number of nitrogens with two attached hydrogens (primary N) is 1. The molecule has 4 N–H and O–H groups in total. The van der Waals surface area contributed by atoms with E-state index in [0.717, 1.165) is 12.8 Å². The summed E-state index contributed by atoms with van der Waals surface area (Å²) in [7, 11) is 1.59. The van der Waals surface area contributed by atoms with E-state index >= 15 is 0 Å². The van der Waals surface area contributed by atoms with Gasteiger partial charge in [0.05, 0.1) is 5.92 Å². The molecule has 1 fully saturated rings. The summed E-state index contributed by atoms with van der Waals surface area (Å²) in [5, 5.41) is 14.4. The average molecular weight is 284 g/mol. The van der Waals surface area contributed by atoms with Gasteiger partial charge in [-0.3, -0.25) is 9.59 Å². The SMILES string of the molecule is CNC(=O)C1CCCN(C(=O)C(C(N)=NO)C(C)C)C1. The van der Waals surface area contributed by atoms with Gasteiger partial charge in [0.2, 0.25) is 11.8 Å². The molecule has 0 spiro atoms. The number of nitrogens with zero attached hydrogens (tertiary/aromatic N) is 2. The van der Waals surface area contributed by atoms with E-state index in [1.807, 2.05) is 13.8 Å². The van der Waals surface area contributed by atoms with E-state index in [1.165, 1.54) is 0 Å². The number of carbonyl (C=O) groups is 2. The molecule has 0 bridgehead atoms. The number of nitrogens with one attached hydrogen (secondary N) is 1. The molecule has 7 nitrogen and oxygen atoms in total. The van der Waals surface area contributed by atoms with E-state index in [4.69, 9.17) is 10.9 Å². The Morgan fingerprint density at radius 1 is 1.45 bits per heavy atom. The third kappa shape index (κ3) is 3.61. The number of amidine groups is 1. The fourth-order valence-corrected chi connectivity index (χ4v) is 2.61. The number of carbonyl (C=O) groups excluding carboxylic acids is 2. The van der Waals surface area contributed by atoms with E-state index < -0.39 is 5.92 Å². The van der Waals surface area contributed by atoms with Crippen LogP contribution in [0.1, 0.15) is 26.7 Å². The Hall–Kier alpha value is -1.79. The fraction of sp³-hybridized carbons (Fsp3) is 0.769. The summed E-state index contributed by atoms with van der Waals surface area (Å²) in [5.41, 5.74) is 5.62. The lowest BCUT2D eigenvalue weighted by Crippen LogP contribution is -2.50. The zero-order valence-corrected chi connectivity index (χ0v) is 12.3. The maximum absolute atomic E-state index is 12.5. The summed E-state index contributed by atoms with van der Waals surface area (Å²) < 4.78 is 0. The quantitative estimate of drug-likeness (QED) is 0.292. The molecule has 1 saturated heterocycles. The number of amides is 2. The minimum atomic E-state index is -0.650. The molecule has 1 heterocycles. The Kier molecular flexibility index (Phi) is 5.79. The van der Waals surface area contributed by atoms with Crippen molar-refractivity contribution < 1.29 is 14.8 Å². The number of oxime groups is 1. The van der Waals surface area contributed by atoms with E-state index in [2.05, 4.69) is 10.5 Å². The van der Waals surface area contributed by atoms with Crippen LogP contribution in [-0.2, 0) is 9.59 Å². The van der Waals surface area contributed by atoms with Gasteiger partial charge in [0, 0.05) is 20.1 Å². The van der Waals surface area contributed by atoms with E-state index in [0.29, 0.717) is 13.1 Å². The van der Waals surface area contributed by atoms with Crippen LogP contribution in [0, 0.1) is 17.8 Å². The first-order chi connectivity index (χ1) is 9.42. The molecule has 2 atom stereocenters. The maximum atomic E-state index is 12.5. The molecule has 1 rings (SSSR count). The number of rotatable bonds is 4. The lowest BCUT2D eigenvalue weighted by atomic mass is 9.90. The van der Waals surface area contributed by atoms with Gasteiger partial charge in [-0.25, -0.2) is 0 Å². The molecule has 1 aliphatic rings. The first-order valence-corrected chi connectivity index (χ1v) is 6.90. The van der Waals surface area contributed by atoms with Crippen molar-refractivity contribution in [3.05, 3.63) is 0 Å². The first kappa shape index (κ1) is 16.3. The molecular formula is C13H24N4O3. The second-order valence-electron chi connectivity index (χ2n) is 5.48. The topological polar surface area (TPSA) is 108 Å². The summed E-state index contributed by atoms with van der Waals surface area (Å²) in [6.07, 6.45) is 1.56. The van der Waals surface area contributed by atoms with Crippen LogP contribution in [0.4, 0.5) is 0 Å². The van der Waals surface area contributed by atoms with Crippen LogP contribution in [-0.4, -0.2) is 47.9 Å². The van der Waals surface area contributed by atoms with Crippen LogP contribution in [0.25, 0.3) is 0 Å². The summed E-state index contributed by atoms with van der Waals surface area (Å²) in [6, 6.07) is 0. The molecule has 20 heavy (non-hydrogen) atoms. The van der Waals surface area contributed by atoms with Crippen molar-refractivity contribution in [3.63, 3.8) is 0 Å². The van der Waals surface area contributed by atoms with Gasteiger partial charge in [-0.15, -0.1) is 0 Å². The number of likely N-dealkylation sites (tertiary alicyclic amines) is 1. The van der Waals surface area contributed by atoms with Crippen molar-refractivity contribution in [3.8, 4) is 0 Å². The molecule has 0 saturated carbocycles. The average Bonchev–Trinajstić information content (AvgIpc) is 2.45. The zero-order valence-electron chi connectivity index (χ0n) is 12.3. The Labute approximate surface area is 119 Å². The first-order valence-electron chi connectivity index (χ1n) is 6.90. The van der Waals surface area contributed by atoms with Gasteiger partial charge in [-0.1, -0.05) is 19.0 Å². The smallest absolute Gasteiger partial charge is 0.233 e. The molecule has 0 aliphatic carbocycles. The summed E-state index contributed by atoms with van der Waals surface area (Å²) in [6.45, 7) is 4.69. The van der Waals surface area contributed by atoms with Crippen molar-refractivity contribution in [1.82, 2.24) is 10.2 Å². The lowest BCUT2D eigenvalue weighted by molar-refractivity contribution is -0.138. The Balaban J connectivity index is 2.82. The van der Waals surface area contributed by atoms with Gasteiger partial charge in [0.15, 0.2) is 5.84 Å². The Bertz CT molecular complexity index is 395. The van der Waals surface area contributed by atoms with Gasteiger partial charge in [0.1, 0.15) is 5.92 Å². The van der Waals surface area contributed by atoms with Crippen molar-refractivity contribution in [2.75, 3.05) is 20.1 Å². The highest BCUT2D eigenvalue weighted by Gasteiger charge is 2.34. The summed E-state index contributed by atoms with van der Waals surface area (Å²) in [4.78, 5) is 25.9. The molecular weight excluding hydrogens is 260 g/mol. The third-order valence-corrected chi connectivity index (χ3v) is 3.72. The largest absolute Gasteiger partial charge is 0.409 e. The second kappa shape index (κ2) is 7.12. The van der Waals surface area contributed by atoms with E-state index in [9.17, 15) is 9.59 Å². The standard InChI is InChI=1S/C13H24N4O3/c1-8(2)10(11(14)16-20)13(19)17-6-4-5-9(7-17)12(18)15-3/h8-10,20H,4-7H2,1-3H3,(H2,14,16)(H,15,18). The lowest BCUT2D eigenvalue weighted by Gasteiger charge is -2.34. The fourth-order valence-electron chi connectivity index (χ4n) is 2.61. The monoisotopic (exact) mass is 284 g/mol. The van der Waals surface area contributed by atoms with Gasteiger partial charge >= 0.3 is 0 Å². The van der Waals surface area contributed by atoms with Crippen LogP contribution in [0.15, 0.2) is 5.16 Å². The highest BCUT2D eigenvalue weighted by atomic mass is 16.4. The highest BCUT2D eigenvalue weighted by molar-refractivity contribution is 6.02. The van der Waals surface area contributed by atoms with Crippen LogP contribution < -0.4 is 11.1 Å². The minimum absolute atomic E-state index is 0.0487. The molecule has 0 aromatic rings. The molecule has 0 radical (unpaired) electrons. The Morgan fingerprint density at radius 2 is 2.10 bits per heavy atom. The van der Waals surface area contributed by atoms with Gasteiger partial charge in [0.25, 0.3) is 0 Å². The summed E-state index contributed by atoms with van der Waals surface area (Å²) in [5.74, 6) is -1.21. The molecule has 2 unspecified atom stereocenters. The van der Waals surface area contributed by atoms with Crippen molar-refractivity contribution in [2.24, 2.45) is 28.6 Å². The third-order valence-electron chi connectivity index (χ3n) is 3.72. The molecule has 2 amide bonds. The summed E-state index contributed by atoms with van der Waals surface area (Å²) >= 11 is 0.